The highest BCUT2D eigenvalue weighted by Gasteiger charge is 2.32. The lowest BCUT2D eigenvalue weighted by Gasteiger charge is -2.17. The smallest absolute Gasteiger partial charge is 0.272 e. The molecule has 146 valence electrons. The Morgan fingerprint density at radius 2 is 1.97 bits per heavy atom. The lowest BCUT2D eigenvalue weighted by molar-refractivity contribution is -0.113. The Kier molecular flexibility index (Phi) is 5.46. The van der Waals surface area contributed by atoms with E-state index >= 15 is 0 Å². The third-order valence-corrected chi connectivity index (χ3v) is 5.98. The minimum Gasteiger partial charge on any atom is -0.272 e. The lowest BCUT2D eigenvalue weighted by Crippen LogP contribution is -2.31. The summed E-state index contributed by atoms with van der Waals surface area (Å²) in [6, 6.07) is 15.1. The molecule has 29 heavy (non-hydrogen) atoms. The Balaban J connectivity index is 1.61. The molecule has 0 saturated carbocycles. The molecule has 4 rings (SSSR count). The molecule has 1 aromatic carbocycles. The van der Waals surface area contributed by atoms with Crippen LogP contribution in [0.15, 0.2) is 64.6 Å². The number of amidine groups is 1. The van der Waals surface area contributed by atoms with Gasteiger partial charge in [0.2, 0.25) is 0 Å². The fourth-order valence-corrected chi connectivity index (χ4v) is 4.48. The van der Waals surface area contributed by atoms with Crippen molar-refractivity contribution in [3.05, 3.63) is 75.9 Å². The number of hydrogen-bond acceptors (Lipinski definition) is 6. The van der Waals surface area contributed by atoms with Gasteiger partial charge < -0.3 is 0 Å². The predicted molar refractivity (Wildman–Crippen MR) is 118 cm³/mol. The lowest BCUT2D eigenvalue weighted by atomic mass is 10.3. The third kappa shape index (κ3) is 4.08. The van der Waals surface area contributed by atoms with Crippen LogP contribution in [0.4, 0.5) is 5.69 Å². The third-order valence-electron chi connectivity index (χ3n) is 4.24. The molecule has 0 aliphatic carbocycles. The molecule has 1 aliphatic heterocycles. The molecule has 0 bridgehead atoms. The number of thioether (sulfide) groups is 1. The zero-order valence-corrected chi connectivity index (χ0v) is 17.5. The number of aryl methyl sites for hydroxylation is 2. The number of carbonyl (C=O) groups is 2. The van der Waals surface area contributed by atoms with Crippen molar-refractivity contribution in [2.24, 2.45) is 4.99 Å². The van der Waals surface area contributed by atoms with Crippen LogP contribution in [0.5, 0.6) is 0 Å². The van der Waals surface area contributed by atoms with Gasteiger partial charge in [-0.05, 0) is 49.6 Å². The van der Waals surface area contributed by atoms with Crippen molar-refractivity contribution in [3.63, 3.8) is 0 Å². The van der Waals surface area contributed by atoms with E-state index in [-0.39, 0.29) is 17.6 Å². The van der Waals surface area contributed by atoms with E-state index in [9.17, 15) is 9.59 Å². The quantitative estimate of drug-likeness (QED) is 0.585. The Hall–Kier alpha value is -2.97. The summed E-state index contributed by atoms with van der Waals surface area (Å²) >= 11 is 2.78. The molecule has 3 aromatic rings. The summed E-state index contributed by atoms with van der Waals surface area (Å²) in [6.07, 6.45) is 1.78. The van der Waals surface area contributed by atoms with Crippen LogP contribution in [0.3, 0.4) is 0 Å². The van der Waals surface area contributed by atoms with Gasteiger partial charge in [-0.15, -0.1) is 11.3 Å². The summed E-state index contributed by atoms with van der Waals surface area (Å²) in [4.78, 5) is 32.7. The summed E-state index contributed by atoms with van der Waals surface area (Å²) in [5, 5.41) is 6.67. The van der Waals surface area contributed by atoms with Crippen molar-refractivity contribution in [2.75, 3.05) is 10.7 Å². The van der Waals surface area contributed by atoms with Gasteiger partial charge in [-0.3, -0.25) is 14.5 Å². The molecule has 0 N–H and O–H groups in total. The average Bonchev–Trinajstić information content (AvgIpc) is 3.41. The number of carbonyl (C=O) groups excluding carboxylic acids is 2. The normalized spacial score (nSPS) is 15.2. The van der Waals surface area contributed by atoms with Gasteiger partial charge in [0.25, 0.3) is 11.8 Å². The number of thiophene rings is 1. The largest absolute Gasteiger partial charge is 0.283 e. The first kappa shape index (κ1) is 19.4. The Labute approximate surface area is 176 Å². The second-order valence-corrected chi connectivity index (χ2v) is 8.36. The summed E-state index contributed by atoms with van der Waals surface area (Å²) in [5.41, 5.74) is 2.66. The van der Waals surface area contributed by atoms with Crippen molar-refractivity contribution < 1.29 is 9.59 Å². The molecule has 0 fully saturated rings. The zero-order chi connectivity index (χ0) is 20.4. The van der Waals surface area contributed by atoms with E-state index in [1.54, 1.807) is 22.3 Å². The molecular weight excluding hydrogens is 404 g/mol. The monoisotopic (exact) mass is 422 g/mol. The molecular formula is C21H18N4O2S2. The Morgan fingerprint density at radius 3 is 2.62 bits per heavy atom. The fraction of sp³-hybridized carbons (Fsp3) is 0.143. The number of para-hydroxylation sites is 1. The zero-order valence-electron chi connectivity index (χ0n) is 15.9. The number of amides is 1. The van der Waals surface area contributed by atoms with E-state index in [1.807, 2.05) is 67.8 Å². The van der Waals surface area contributed by atoms with Gasteiger partial charge in [-0.1, -0.05) is 36.0 Å². The SMILES string of the molecule is Cc1cc(C)n(C(=O)CSC2=N/C(=C\c3cccs3)C(=O)N2c2ccccc2)n1. The van der Waals surface area contributed by atoms with Crippen LogP contribution in [-0.2, 0) is 4.79 Å². The van der Waals surface area contributed by atoms with Gasteiger partial charge >= 0.3 is 0 Å². The second kappa shape index (κ2) is 8.18. The highest BCUT2D eigenvalue weighted by molar-refractivity contribution is 8.14. The van der Waals surface area contributed by atoms with E-state index < -0.39 is 0 Å². The number of aliphatic imine (C=N–C) groups is 1. The number of nitrogens with zero attached hydrogens (tertiary/aromatic N) is 4. The van der Waals surface area contributed by atoms with Crippen molar-refractivity contribution in [1.29, 1.82) is 0 Å². The van der Waals surface area contributed by atoms with Gasteiger partial charge in [-0.25, -0.2) is 9.67 Å². The van der Waals surface area contributed by atoms with E-state index in [2.05, 4.69) is 10.1 Å². The molecule has 1 amide bonds. The molecule has 0 atom stereocenters. The van der Waals surface area contributed by atoms with Crippen molar-refractivity contribution >= 4 is 51.8 Å². The van der Waals surface area contributed by atoms with Gasteiger partial charge in [0.05, 0.1) is 17.1 Å². The van der Waals surface area contributed by atoms with Crippen molar-refractivity contribution in [3.8, 4) is 0 Å². The molecule has 1 aliphatic rings. The van der Waals surface area contributed by atoms with E-state index in [0.29, 0.717) is 10.9 Å². The van der Waals surface area contributed by atoms with Crippen LogP contribution < -0.4 is 4.90 Å². The molecule has 8 heteroatoms. The number of rotatable bonds is 4. The van der Waals surface area contributed by atoms with Gasteiger partial charge in [0.1, 0.15) is 5.70 Å². The molecule has 0 radical (unpaired) electrons. The minimum atomic E-state index is -0.203. The topological polar surface area (TPSA) is 67.6 Å². The maximum atomic E-state index is 13.0. The molecule has 0 spiro atoms. The van der Waals surface area contributed by atoms with E-state index in [1.165, 1.54) is 16.4 Å². The minimum absolute atomic E-state index is 0.129. The van der Waals surface area contributed by atoms with Gasteiger partial charge in [0, 0.05) is 10.6 Å². The Morgan fingerprint density at radius 1 is 1.17 bits per heavy atom. The van der Waals surface area contributed by atoms with Crippen LogP contribution in [0.1, 0.15) is 21.1 Å². The first-order chi connectivity index (χ1) is 14.0. The molecule has 3 heterocycles. The van der Waals surface area contributed by atoms with Crippen LogP contribution in [0, 0.1) is 13.8 Å². The second-order valence-electron chi connectivity index (χ2n) is 6.44. The van der Waals surface area contributed by atoms with Gasteiger partial charge in [-0.2, -0.15) is 5.10 Å². The average molecular weight is 423 g/mol. The fourth-order valence-electron chi connectivity index (χ4n) is 2.97. The molecule has 6 nitrogen and oxygen atoms in total. The highest BCUT2D eigenvalue weighted by Crippen LogP contribution is 2.30. The molecule has 0 unspecified atom stereocenters. The number of anilines is 1. The predicted octanol–water partition coefficient (Wildman–Crippen LogP) is 4.38. The number of benzene rings is 1. The summed E-state index contributed by atoms with van der Waals surface area (Å²) in [6.45, 7) is 3.69. The first-order valence-corrected chi connectivity index (χ1v) is 10.8. The van der Waals surface area contributed by atoms with Gasteiger partial charge in [0.15, 0.2) is 5.17 Å². The van der Waals surface area contributed by atoms with Crippen LogP contribution in [0.2, 0.25) is 0 Å². The van der Waals surface area contributed by atoms with E-state index in [4.69, 9.17) is 0 Å². The first-order valence-electron chi connectivity index (χ1n) is 8.95. The van der Waals surface area contributed by atoms with Crippen LogP contribution >= 0.6 is 23.1 Å². The van der Waals surface area contributed by atoms with Crippen molar-refractivity contribution in [2.45, 2.75) is 13.8 Å². The maximum Gasteiger partial charge on any atom is 0.283 e. The summed E-state index contributed by atoms with van der Waals surface area (Å²) < 4.78 is 1.40. The number of aromatic nitrogens is 2. The summed E-state index contributed by atoms with van der Waals surface area (Å²) in [7, 11) is 0. The van der Waals surface area contributed by atoms with Crippen LogP contribution in [0.25, 0.3) is 6.08 Å². The number of hydrogen-bond donors (Lipinski definition) is 0. The Bertz CT molecular complexity index is 1120. The van der Waals surface area contributed by atoms with E-state index in [0.717, 1.165) is 22.0 Å². The standard InChI is InChI=1S/C21H18N4O2S2/c1-14-11-15(2)25(23-14)19(26)13-29-21-22-18(12-17-9-6-10-28-17)20(27)24(21)16-7-4-3-5-8-16/h3-12H,13H2,1-2H3/b18-12-. The molecule has 0 saturated heterocycles. The molecule has 2 aromatic heterocycles. The van der Waals surface area contributed by atoms with Crippen molar-refractivity contribution in [1.82, 2.24) is 9.78 Å². The van der Waals surface area contributed by atoms with Crippen LogP contribution in [-0.4, -0.2) is 32.5 Å². The summed E-state index contributed by atoms with van der Waals surface area (Å²) in [5.74, 6) is -0.228. The highest BCUT2D eigenvalue weighted by atomic mass is 32.2. The maximum absolute atomic E-state index is 13.0.